The molecule has 0 radical (unpaired) electrons. The fraction of sp³-hybridized carbons (Fsp3) is 0.833. The van der Waals surface area contributed by atoms with Gasteiger partial charge in [0.25, 0.3) is 5.84 Å². The molecule has 1 heterocycles. The van der Waals surface area contributed by atoms with E-state index in [0.717, 1.165) is 38.5 Å². The first-order valence-electron chi connectivity index (χ1n) is 12.6. The molecule has 0 aromatic rings. The van der Waals surface area contributed by atoms with Gasteiger partial charge >= 0.3 is 29.6 Å². The Balaban J connectivity index is 0.0000109. The van der Waals surface area contributed by atoms with Gasteiger partial charge in [-0.1, -0.05) is 57.6 Å². The molecule has 0 fully saturated rings. The molecule has 34 heavy (non-hydrogen) atoms. The van der Waals surface area contributed by atoms with Crippen LogP contribution in [0.2, 0.25) is 0 Å². The number of unbranched alkanes of at least 4 members (excludes halogenated alkanes) is 9. The Labute approximate surface area is 228 Å². The number of allylic oxidation sites excluding steroid dienone is 2. The largest absolute Gasteiger partial charge is 1.00 e. The van der Waals surface area contributed by atoms with E-state index in [1.54, 1.807) is 0 Å². The molecule has 2 N–H and O–H groups in total. The van der Waals surface area contributed by atoms with Crippen LogP contribution in [-0.2, 0) is 14.9 Å². The number of amidine groups is 1. The smallest absolute Gasteiger partial charge is 0.748 e. The zero-order chi connectivity index (χ0) is 24.6. The number of aliphatic hydroxyl groups is 2. The van der Waals surface area contributed by atoms with E-state index in [4.69, 9.17) is 0 Å². The van der Waals surface area contributed by atoms with E-state index in [0.29, 0.717) is 19.5 Å². The van der Waals surface area contributed by atoms with E-state index in [1.165, 1.54) is 32.1 Å². The number of hydrogen-bond donors (Lipinski definition) is 2. The van der Waals surface area contributed by atoms with Crippen LogP contribution >= 0.6 is 0 Å². The summed E-state index contributed by atoms with van der Waals surface area (Å²) < 4.78 is 32.9. The first-order valence-corrected chi connectivity index (χ1v) is 14.1. The Kier molecular flexibility index (Phi) is 19.0. The minimum atomic E-state index is -4.58. The quantitative estimate of drug-likeness (QED) is 0.0775. The van der Waals surface area contributed by atoms with Crippen LogP contribution in [-0.4, -0.2) is 83.9 Å². The van der Waals surface area contributed by atoms with Crippen LogP contribution in [0.4, 0.5) is 0 Å². The van der Waals surface area contributed by atoms with Crippen LogP contribution < -0.4 is 29.6 Å². The predicted molar refractivity (Wildman–Crippen MR) is 130 cm³/mol. The van der Waals surface area contributed by atoms with Crippen LogP contribution in [0.15, 0.2) is 17.1 Å². The summed E-state index contributed by atoms with van der Waals surface area (Å²) in [5.74, 6) is -0.742. The van der Waals surface area contributed by atoms with E-state index in [-0.39, 0.29) is 65.4 Å². The van der Waals surface area contributed by atoms with E-state index < -0.39 is 22.0 Å². The van der Waals surface area contributed by atoms with Crippen molar-refractivity contribution < 1.29 is 62.0 Å². The van der Waals surface area contributed by atoms with Crippen molar-refractivity contribution in [2.75, 3.05) is 38.5 Å². The number of hydrogen-bond acceptors (Lipinski definition) is 7. The third-order valence-electron chi connectivity index (χ3n) is 6.14. The van der Waals surface area contributed by atoms with Crippen molar-refractivity contribution in [2.45, 2.75) is 90.1 Å². The molecule has 0 bridgehead atoms. The number of aliphatic hydroxyl groups excluding tert-OH is 2. The molecule has 192 valence electrons. The first-order chi connectivity index (χ1) is 15.7. The summed E-state index contributed by atoms with van der Waals surface area (Å²) >= 11 is 0. The van der Waals surface area contributed by atoms with Crippen molar-refractivity contribution in [3.63, 3.8) is 0 Å². The van der Waals surface area contributed by atoms with Gasteiger partial charge in [0.15, 0.2) is 0 Å². The Morgan fingerprint density at radius 1 is 1.09 bits per heavy atom. The molecule has 1 aliphatic heterocycles. The Hall–Kier alpha value is -0.130. The van der Waals surface area contributed by atoms with Gasteiger partial charge in [0.1, 0.15) is 25.7 Å². The molecule has 0 amide bonds. The fourth-order valence-electron chi connectivity index (χ4n) is 4.44. The molecule has 0 spiro atoms. The Morgan fingerprint density at radius 3 is 2.26 bits per heavy atom. The Morgan fingerprint density at radius 2 is 1.68 bits per heavy atom. The van der Waals surface area contributed by atoms with Gasteiger partial charge in [0, 0.05) is 6.42 Å². The van der Waals surface area contributed by atoms with E-state index in [9.17, 15) is 28.0 Å². The minimum Gasteiger partial charge on any atom is -0.748 e. The van der Waals surface area contributed by atoms with Gasteiger partial charge in [0.05, 0.1) is 29.0 Å². The zero-order valence-corrected chi connectivity index (χ0v) is 24.1. The molecule has 0 saturated heterocycles. The van der Waals surface area contributed by atoms with Gasteiger partial charge in [-0.15, -0.1) is 0 Å². The average molecular weight is 512 g/mol. The van der Waals surface area contributed by atoms with Crippen LogP contribution in [0, 0.1) is 0 Å². The van der Waals surface area contributed by atoms with Crippen LogP contribution in [0.1, 0.15) is 84.0 Å². The fourth-order valence-corrected chi connectivity index (χ4v) is 5.02. The molecule has 2 atom stereocenters. The van der Waals surface area contributed by atoms with Crippen LogP contribution in [0.3, 0.4) is 0 Å². The number of Topliss-reactive ketones (excluding diaryl/α,β-unsaturated/α-hetero) is 1. The summed E-state index contributed by atoms with van der Waals surface area (Å²) in [7, 11) is -4.58. The SMILES string of the molecule is CCCCCC/C=C/CCCCCCCC(=O)C1=NCC[N+]1(CCO)CC(O)CS(=O)(=O)[O-].[Na+]. The van der Waals surface area contributed by atoms with Gasteiger partial charge in [0.2, 0.25) is 5.78 Å². The predicted octanol–water partition coefficient (Wildman–Crippen LogP) is -0.0559. The first kappa shape index (κ1) is 33.9. The van der Waals surface area contributed by atoms with Gasteiger partial charge in [-0.25, -0.2) is 13.4 Å². The molecule has 10 heteroatoms. The molecule has 0 aromatic heterocycles. The van der Waals surface area contributed by atoms with Crippen molar-refractivity contribution >= 4 is 21.7 Å². The summed E-state index contributed by atoms with van der Waals surface area (Å²) in [6, 6.07) is 0. The number of rotatable bonds is 20. The molecule has 0 saturated carbocycles. The van der Waals surface area contributed by atoms with Crippen molar-refractivity contribution in [1.29, 1.82) is 0 Å². The molecular weight excluding hydrogens is 467 g/mol. The number of carbonyl (C=O) groups excluding carboxylic acids is 1. The summed E-state index contributed by atoms with van der Waals surface area (Å²) in [6.45, 7) is 2.83. The third-order valence-corrected chi connectivity index (χ3v) is 6.93. The van der Waals surface area contributed by atoms with E-state index in [1.807, 2.05) is 0 Å². The van der Waals surface area contributed by atoms with Crippen molar-refractivity contribution in [3.8, 4) is 0 Å². The maximum atomic E-state index is 12.8. The topological polar surface area (TPSA) is 127 Å². The second-order valence-electron chi connectivity index (χ2n) is 9.13. The van der Waals surface area contributed by atoms with Crippen molar-refractivity contribution in [1.82, 2.24) is 0 Å². The number of nitrogens with zero attached hydrogens (tertiary/aromatic N) is 2. The number of ketones is 1. The molecule has 2 unspecified atom stereocenters. The molecule has 8 nitrogen and oxygen atoms in total. The molecule has 1 rings (SSSR count). The zero-order valence-electron chi connectivity index (χ0n) is 21.3. The Bertz CT molecular complexity index is 729. The maximum absolute atomic E-state index is 12.8. The van der Waals surface area contributed by atoms with Gasteiger partial charge in [-0.3, -0.25) is 9.28 Å². The average Bonchev–Trinajstić information content (AvgIpc) is 3.13. The third kappa shape index (κ3) is 14.4. The molecule has 0 aliphatic carbocycles. The second-order valence-corrected chi connectivity index (χ2v) is 10.6. The number of carbonyl (C=O) groups is 1. The number of aliphatic imine (C=N–C) groups is 1. The molecule has 0 aromatic carbocycles. The molecule has 1 aliphatic rings. The maximum Gasteiger partial charge on any atom is 1.00 e. The summed E-state index contributed by atoms with van der Waals surface area (Å²) in [5, 5.41) is 19.6. The molecular formula is C24H44N2NaO6S+. The second kappa shape index (κ2) is 19.0. The normalized spacial score (nSPS) is 19.2. The monoisotopic (exact) mass is 511 g/mol. The van der Waals surface area contributed by atoms with Gasteiger partial charge in [-0.2, -0.15) is 0 Å². The van der Waals surface area contributed by atoms with Crippen molar-refractivity contribution in [2.24, 2.45) is 4.99 Å². The summed E-state index contributed by atoms with van der Waals surface area (Å²) in [6.07, 6.45) is 16.0. The van der Waals surface area contributed by atoms with E-state index >= 15 is 0 Å². The van der Waals surface area contributed by atoms with Gasteiger partial charge < -0.3 is 14.8 Å². The van der Waals surface area contributed by atoms with Gasteiger partial charge in [-0.05, 0) is 32.1 Å². The standard InChI is InChI=1S/C24H44N2O6S.Na/c1-2-3-4-5-6-7-8-9-10-11-12-13-14-15-23(29)24-25-16-17-26(24,18-19-27)20-22(28)21-33(30,31)32;/h7-8,22,27-28H,2-6,9-21H2,1H3;/q;+1/b8-7+;. The summed E-state index contributed by atoms with van der Waals surface area (Å²) in [5.41, 5.74) is 0. The van der Waals surface area contributed by atoms with Crippen molar-refractivity contribution in [3.05, 3.63) is 12.2 Å². The minimum absolute atomic E-state index is 0. The van der Waals surface area contributed by atoms with Crippen LogP contribution in [0.5, 0.6) is 0 Å². The van der Waals surface area contributed by atoms with Crippen LogP contribution in [0.25, 0.3) is 0 Å². The summed E-state index contributed by atoms with van der Waals surface area (Å²) in [4.78, 5) is 17.1. The number of quaternary nitrogens is 1. The van der Waals surface area contributed by atoms with E-state index in [2.05, 4.69) is 24.1 Å².